The van der Waals surface area contributed by atoms with E-state index in [0.29, 0.717) is 17.1 Å². The van der Waals surface area contributed by atoms with Gasteiger partial charge in [-0.25, -0.2) is 13.4 Å². The van der Waals surface area contributed by atoms with Crippen LogP contribution in [-0.2, 0) is 16.4 Å². The van der Waals surface area contributed by atoms with Crippen LogP contribution in [0.4, 0.5) is 10.8 Å². The molecule has 1 atom stereocenters. The van der Waals surface area contributed by atoms with Gasteiger partial charge in [-0.05, 0) is 56.2 Å². The zero-order chi connectivity index (χ0) is 19.9. The van der Waals surface area contributed by atoms with Crippen molar-refractivity contribution < 1.29 is 13.2 Å². The molecule has 28 heavy (non-hydrogen) atoms. The van der Waals surface area contributed by atoms with Crippen LogP contribution in [0.5, 0.6) is 0 Å². The first-order valence-electron chi connectivity index (χ1n) is 8.81. The van der Waals surface area contributed by atoms with Crippen LogP contribution in [0.3, 0.4) is 0 Å². The maximum atomic E-state index is 12.9. The number of sulfonamides is 1. The predicted octanol–water partition coefficient (Wildman–Crippen LogP) is 3.84. The minimum absolute atomic E-state index is 0.0461. The van der Waals surface area contributed by atoms with E-state index in [1.807, 2.05) is 32.0 Å². The van der Waals surface area contributed by atoms with Crippen LogP contribution < -0.4 is 9.62 Å². The van der Waals surface area contributed by atoms with Crippen molar-refractivity contribution in [3.05, 3.63) is 70.7 Å². The number of fused-ring (bicyclic) bond motifs is 1. The summed E-state index contributed by atoms with van der Waals surface area (Å²) in [7, 11) is -3.73. The maximum absolute atomic E-state index is 12.9. The highest BCUT2D eigenvalue weighted by Crippen LogP contribution is 2.35. The summed E-state index contributed by atoms with van der Waals surface area (Å²) in [5, 5.41) is 2.13. The second-order valence-corrected chi connectivity index (χ2v) is 9.32. The third-order valence-electron chi connectivity index (χ3n) is 4.66. The molecule has 1 aliphatic rings. The number of nitrogens with zero attached hydrogens (tertiary/aromatic N) is 2. The van der Waals surface area contributed by atoms with Crippen molar-refractivity contribution in [1.82, 2.24) is 4.98 Å². The van der Waals surface area contributed by atoms with Gasteiger partial charge in [0.1, 0.15) is 0 Å². The van der Waals surface area contributed by atoms with E-state index in [2.05, 4.69) is 9.71 Å². The molecule has 0 saturated heterocycles. The summed E-state index contributed by atoms with van der Waals surface area (Å²) in [5.41, 5.74) is 2.97. The lowest BCUT2D eigenvalue weighted by molar-refractivity contribution is 0.0981. The number of amides is 1. The number of nitrogens with one attached hydrogen (secondary N) is 1. The summed E-state index contributed by atoms with van der Waals surface area (Å²) in [6.07, 6.45) is 0.605. The van der Waals surface area contributed by atoms with Crippen LogP contribution in [0.25, 0.3) is 0 Å². The normalized spacial score (nSPS) is 16.1. The average Bonchev–Trinajstić information content (AvgIpc) is 3.22. The summed E-state index contributed by atoms with van der Waals surface area (Å²) >= 11 is 1.24. The van der Waals surface area contributed by atoms with Gasteiger partial charge in [-0.15, -0.1) is 11.3 Å². The third-order valence-corrected chi connectivity index (χ3v) is 7.00. The number of benzene rings is 2. The summed E-state index contributed by atoms with van der Waals surface area (Å²) < 4.78 is 27.9. The van der Waals surface area contributed by atoms with Crippen molar-refractivity contribution >= 4 is 38.1 Å². The lowest BCUT2D eigenvalue weighted by atomic mass is 10.1. The first-order valence-corrected chi connectivity index (χ1v) is 11.2. The predicted molar refractivity (Wildman–Crippen MR) is 111 cm³/mol. The topological polar surface area (TPSA) is 79.4 Å². The number of hydrogen-bond donors (Lipinski definition) is 1. The molecule has 2 aromatic carbocycles. The van der Waals surface area contributed by atoms with Crippen LogP contribution in [0, 0.1) is 6.92 Å². The van der Waals surface area contributed by atoms with Gasteiger partial charge in [-0.3, -0.25) is 9.52 Å². The zero-order valence-electron chi connectivity index (χ0n) is 15.4. The van der Waals surface area contributed by atoms with Gasteiger partial charge in [-0.2, -0.15) is 0 Å². The second kappa shape index (κ2) is 7.03. The van der Waals surface area contributed by atoms with Gasteiger partial charge in [0.05, 0.1) is 10.6 Å². The molecule has 1 N–H and O–H groups in total. The van der Waals surface area contributed by atoms with Crippen molar-refractivity contribution in [3.8, 4) is 0 Å². The first kappa shape index (κ1) is 18.6. The smallest absolute Gasteiger partial charge is 0.263 e. The Morgan fingerprint density at radius 3 is 2.64 bits per heavy atom. The van der Waals surface area contributed by atoms with Crippen LogP contribution in [-0.4, -0.2) is 25.4 Å². The largest absolute Gasteiger partial charge is 0.305 e. The minimum Gasteiger partial charge on any atom is -0.305 e. The summed E-state index contributed by atoms with van der Waals surface area (Å²) in [6.45, 7) is 3.77. The molecule has 1 aliphatic heterocycles. The zero-order valence-corrected chi connectivity index (χ0v) is 17.0. The molecule has 0 unspecified atom stereocenters. The minimum atomic E-state index is -3.73. The molecule has 4 rings (SSSR count). The molecule has 0 bridgehead atoms. The van der Waals surface area contributed by atoms with Crippen molar-refractivity contribution in [1.29, 1.82) is 0 Å². The maximum Gasteiger partial charge on any atom is 0.263 e. The number of aryl methyl sites for hydroxylation is 1. The monoisotopic (exact) mass is 413 g/mol. The van der Waals surface area contributed by atoms with E-state index in [0.717, 1.165) is 16.9 Å². The number of thiazole rings is 1. The van der Waals surface area contributed by atoms with E-state index in [4.69, 9.17) is 0 Å². The van der Waals surface area contributed by atoms with E-state index in [1.54, 1.807) is 34.5 Å². The fourth-order valence-corrected chi connectivity index (χ4v) is 5.37. The molecular weight excluding hydrogens is 394 g/mol. The summed E-state index contributed by atoms with van der Waals surface area (Å²) in [6, 6.07) is 13.9. The van der Waals surface area contributed by atoms with Crippen molar-refractivity contribution in [2.45, 2.75) is 31.2 Å². The highest BCUT2D eigenvalue weighted by Gasteiger charge is 2.32. The van der Waals surface area contributed by atoms with E-state index in [-0.39, 0.29) is 16.8 Å². The molecule has 0 saturated carbocycles. The lowest BCUT2D eigenvalue weighted by Gasteiger charge is -2.23. The van der Waals surface area contributed by atoms with E-state index in [9.17, 15) is 13.2 Å². The molecule has 6 nitrogen and oxygen atoms in total. The number of aromatic nitrogens is 1. The fourth-order valence-electron chi connectivity index (χ4n) is 3.38. The van der Waals surface area contributed by atoms with Gasteiger partial charge in [-0.1, -0.05) is 18.2 Å². The van der Waals surface area contributed by atoms with E-state index < -0.39 is 10.0 Å². The Balaban J connectivity index is 1.64. The van der Waals surface area contributed by atoms with Gasteiger partial charge in [0.25, 0.3) is 15.9 Å². The molecule has 1 amide bonds. The van der Waals surface area contributed by atoms with Gasteiger partial charge < -0.3 is 4.90 Å². The molecule has 3 aromatic rings. The van der Waals surface area contributed by atoms with E-state index >= 15 is 0 Å². The molecule has 0 aliphatic carbocycles. The molecule has 0 radical (unpaired) electrons. The molecule has 0 spiro atoms. The quantitative estimate of drug-likeness (QED) is 0.705. The Kier molecular flexibility index (Phi) is 4.68. The fraction of sp³-hybridized carbons (Fsp3) is 0.200. The van der Waals surface area contributed by atoms with E-state index in [1.165, 1.54) is 17.4 Å². The number of rotatable bonds is 4. The molecule has 0 fully saturated rings. The number of carbonyl (C=O) groups excluding carboxylic acids is 1. The molecule has 144 valence electrons. The number of hydrogen-bond acceptors (Lipinski definition) is 5. The Morgan fingerprint density at radius 1 is 1.21 bits per heavy atom. The van der Waals surface area contributed by atoms with Gasteiger partial charge in [0.15, 0.2) is 5.13 Å². The Morgan fingerprint density at radius 2 is 1.96 bits per heavy atom. The molecule has 2 heterocycles. The van der Waals surface area contributed by atoms with Crippen molar-refractivity contribution in [3.63, 3.8) is 0 Å². The lowest BCUT2D eigenvalue weighted by Crippen LogP contribution is -2.35. The molecule has 1 aromatic heterocycles. The molecular formula is C20H19N3O3S2. The van der Waals surface area contributed by atoms with Crippen LogP contribution >= 0.6 is 11.3 Å². The SMILES string of the molecule is Cc1csc(NS(=O)(=O)c2ccc3c(c2)C[C@H](C)N3C(=O)c2ccccc2)n1. The third kappa shape index (κ3) is 3.41. The highest BCUT2D eigenvalue weighted by molar-refractivity contribution is 7.93. The number of anilines is 2. The summed E-state index contributed by atoms with van der Waals surface area (Å²) in [5.74, 6) is -0.0844. The summed E-state index contributed by atoms with van der Waals surface area (Å²) in [4.78, 5) is 19.0. The van der Waals surface area contributed by atoms with Gasteiger partial charge >= 0.3 is 0 Å². The van der Waals surface area contributed by atoms with Gasteiger partial charge in [0, 0.05) is 22.7 Å². The van der Waals surface area contributed by atoms with Crippen LogP contribution in [0.15, 0.2) is 58.8 Å². The highest BCUT2D eigenvalue weighted by atomic mass is 32.2. The molecule has 8 heteroatoms. The second-order valence-electron chi connectivity index (χ2n) is 6.78. The Hall–Kier alpha value is -2.71. The van der Waals surface area contributed by atoms with Gasteiger partial charge in [0.2, 0.25) is 0 Å². The first-order chi connectivity index (χ1) is 13.3. The Labute approximate surface area is 167 Å². The standard InChI is InChI=1S/C20H19N3O3S2/c1-13-12-27-20(21-13)22-28(25,26)17-8-9-18-16(11-17)10-14(2)23(18)19(24)15-6-4-3-5-7-15/h3-9,11-12,14H,10H2,1-2H3,(H,21,22)/t14-/m0/s1. The Bertz CT molecular complexity index is 1140. The van der Waals surface area contributed by atoms with Crippen LogP contribution in [0.1, 0.15) is 28.5 Å². The average molecular weight is 414 g/mol. The number of carbonyl (C=O) groups is 1. The van der Waals surface area contributed by atoms with Crippen LogP contribution in [0.2, 0.25) is 0 Å². The van der Waals surface area contributed by atoms with Crippen molar-refractivity contribution in [2.24, 2.45) is 0 Å². The van der Waals surface area contributed by atoms with Crippen molar-refractivity contribution in [2.75, 3.05) is 9.62 Å².